The van der Waals surface area contributed by atoms with Gasteiger partial charge in [0.2, 0.25) is 5.91 Å². The molecule has 3 saturated heterocycles. The molecule has 0 bridgehead atoms. The molecule has 3 fully saturated rings. The van der Waals surface area contributed by atoms with Gasteiger partial charge in [0.05, 0.1) is 38.6 Å². The molecule has 3 rings (SSSR count). The summed E-state index contributed by atoms with van der Waals surface area (Å²) in [6.45, 7) is 1.70. The van der Waals surface area contributed by atoms with E-state index < -0.39 is 124 Å². The van der Waals surface area contributed by atoms with Crippen molar-refractivity contribution in [3.05, 3.63) is 85.1 Å². The number of amides is 1. The van der Waals surface area contributed by atoms with E-state index in [1.165, 1.54) is 161 Å². The Labute approximate surface area is 597 Å². The van der Waals surface area contributed by atoms with Crippen LogP contribution in [-0.4, -0.2) is 193 Å². The van der Waals surface area contributed by atoms with E-state index in [0.29, 0.717) is 12.8 Å². The van der Waals surface area contributed by atoms with Crippen molar-refractivity contribution < 1.29 is 89.4 Å². The zero-order chi connectivity index (χ0) is 71.8. The van der Waals surface area contributed by atoms with Crippen LogP contribution >= 0.6 is 0 Å². The Bertz CT molecular complexity index is 2120. The maximum absolute atomic E-state index is 13.5. The van der Waals surface area contributed by atoms with E-state index in [1.54, 1.807) is 0 Å². The maximum atomic E-state index is 13.5. The summed E-state index contributed by atoms with van der Waals surface area (Å²) in [7, 11) is 0. The number of carbonyl (C=O) groups is 1. The van der Waals surface area contributed by atoms with Gasteiger partial charge in [-0.3, -0.25) is 4.79 Å². The summed E-state index contributed by atoms with van der Waals surface area (Å²) in [5, 5.41) is 121. The fourth-order valence-electron chi connectivity index (χ4n) is 12.9. The molecule has 3 heterocycles. The minimum atomic E-state index is -1.97. The van der Waals surface area contributed by atoms with Crippen LogP contribution < -0.4 is 5.32 Å². The van der Waals surface area contributed by atoms with Crippen molar-refractivity contribution >= 4 is 5.91 Å². The molecule has 1 amide bonds. The molecule has 574 valence electrons. The second-order valence-corrected chi connectivity index (χ2v) is 27.8. The van der Waals surface area contributed by atoms with Crippen LogP contribution in [0.5, 0.6) is 0 Å². The molecule has 0 radical (unpaired) electrons. The number of ether oxygens (including phenoxy) is 6. The molecule has 0 aromatic rings. The highest BCUT2D eigenvalue weighted by Gasteiger charge is 2.54. The molecule has 0 aromatic heterocycles. The summed E-state index contributed by atoms with van der Waals surface area (Å²) < 4.78 is 34.5. The Balaban J connectivity index is 1.31. The van der Waals surface area contributed by atoms with Gasteiger partial charge in [0.25, 0.3) is 0 Å². The molecule has 99 heavy (non-hydrogen) atoms. The number of allylic oxidation sites excluding steroid dienone is 14. The van der Waals surface area contributed by atoms with Crippen molar-refractivity contribution in [3.63, 3.8) is 0 Å². The van der Waals surface area contributed by atoms with Crippen LogP contribution in [0.4, 0.5) is 0 Å². The summed E-state index contributed by atoms with van der Waals surface area (Å²) in [6, 6.07) is -0.890. The Morgan fingerprint density at radius 3 is 1.09 bits per heavy atom. The van der Waals surface area contributed by atoms with Crippen LogP contribution in [0.2, 0.25) is 0 Å². The van der Waals surface area contributed by atoms with Crippen LogP contribution in [0.15, 0.2) is 85.1 Å². The van der Waals surface area contributed by atoms with E-state index in [9.17, 15) is 61.0 Å². The SMILES string of the molecule is CC/C=C\C/C=C\C/C=C\C/C=C\C/C=C\C/C=C\C/C=C\CCCCCCCCCCCCCCCCCCCC(=O)NC(COC1OC(CO)C(OC2OC(CO)C(OC3OC(CO)C(O)C(O)C3O)C(O)C2O)C(O)C1O)C(O)CCCCCCCCCCCCCCCCC. The third-order valence-corrected chi connectivity index (χ3v) is 19.2. The van der Waals surface area contributed by atoms with Gasteiger partial charge in [-0.05, 0) is 70.6 Å². The first-order valence-electron chi connectivity index (χ1n) is 39.3. The van der Waals surface area contributed by atoms with Crippen molar-refractivity contribution in [1.29, 1.82) is 0 Å². The van der Waals surface area contributed by atoms with Gasteiger partial charge in [0.1, 0.15) is 73.2 Å². The number of aliphatic hydroxyl groups is 11. The van der Waals surface area contributed by atoms with E-state index in [1.807, 2.05) is 0 Å². The lowest BCUT2D eigenvalue weighted by atomic mass is 9.96. The molecule has 3 aliphatic rings. The molecule has 19 heteroatoms. The largest absolute Gasteiger partial charge is 0.394 e. The fraction of sp³-hybridized carbons (Fsp3) is 0.812. The van der Waals surface area contributed by atoms with Gasteiger partial charge in [-0.25, -0.2) is 0 Å². The number of aliphatic hydroxyl groups excluding tert-OH is 11. The maximum Gasteiger partial charge on any atom is 0.220 e. The number of nitrogens with one attached hydrogen (secondary N) is 1. The fourth-order valence-corrected chi connectivity index (χ4v) is 12.9. The monoisotopic (exact) mass is 1400 g/mol. The van der Waals surface area contributed by atoms with E-state index in [0.717, 1.165) is 89.9 Å². The Hall–Kier alpha value is -3.03. The van der Waals surface area contributed by atoms with Gasteiger partial charge in [-0.1, -0.05) is 292 Å². The van der Waals surface area contributed by atoms with Gasteiger partial charge < -0.3 is 89.9 Å². The molecule has 0 saturated carbocycles. The number of hydrogen-bond donors (Lipinski definition) is 12. The Morgan fingerprint density at radius 1 is 0.374 bits per heavy atom. The first-order chi connectivity index (χ1) is 48.3. The first-order valence-corrected chi connectivity index (χ1v) is 39.3. The molecule has 17 atom stereocenters. The average molecular weight is 1400 g/mol. The van der Waals surface area contributed by atoms with Crippen molar-refractivity contribution in [2.24, 2.45) is 0 Å². The molecule has 0 aliphatic carbocycles. The summed E-state index contributed by atoms with van der Waals surface area (Å²) in [5.74, 6) is -0.242. The summed E-state index contributed by atoms with van der Waals surface area (Å²) >= 11 is 0. The zero-order valence-electron chi connectivity index (χ0n) is 61.2. The minimum absolute atomic E-state index is 0.242. The predicted molar refractivity (Wildman–Crippen MR) is 392 cm³/mol. The lowest BCUT2D eigenvalue weighted by molar-refractivity contribution is -0.379. The second kappa shape index (κ2) is 60.3. The van der Waals surface area contributed by atoms with Crippen LogP contribution in [0.3, 0.4) is 0 Å². The smallest absolute Gasteiger partial charge is 0.220 e. The molecule has 19 nitrogen and oxygen atoms in total. The quantitative estimate of drug-likeness (QED) is 0.0199. The van der Waals surface area contributed by atoms with Crippen LogP contribution in [0.1, 0.15) is 284 Å². The van der Waals surface area contributed by atoms with Gasteiger partial charge in [-0.15, -0.1) is 0 Å². The van der Waals surface area contributed by atoms with Crippen LogP contribution in [-0.2, 0) is 33.2 Å². The van der Waals surface area contributed by atoms with Gasteiger partial charge in [-0.2, -0.15) is 0 Å². The normalized spacial score (nSPS) is 27.1. The van der Waals surface area contributed by atoms with Gasteiger partial charge in [0, 0.05) is 6.42 Å². The van der Waals surface area contributed by atoms with E-state index in [2.05, 4.69) is 104 Å². The van der Waals surface area contributed by atoms with Gasteiger partial charge in [0.15, 0.2) is 18.9 Å². The number of carbonyl (C=O) groups excluding carboxylic acids is 1. The Morgan fingerprint density at radius 2 is 0.697 bits per heavy atom. The molecule has 17 unspecified atom stereocenters. The van der Waals surface area contributed by atoms with Crippen molar-refractivity contribution in [2.75, 3.05) is 26.4 Å². The van der Waals surface area contributed by atoms with Crippen LogP contribution in [0.25, 0.3) is 0 Å². The van der Waals surface area contributed by atoms with Crippen molar-refractivity contribution in [2.45, 2.75) is 388 Å². The number of rotatable bonds is 61. The molecule has 0 aromatic carbocycles. The molecule has 12 N–H and O–H groups in total. The highest BCUT2D eigenvalue weighted by molar-refractivity contribution is 5.76. The topological polar surface area (TPSA) is 307 Å². The summed E-state index contributed by atoms with van der Waals surface area (Å²) in [4.78, 5) is 13.5. The lowest BCUT2D eigenvalue weighted by Crippen LogP contribution is -2.66. The Kier molecular flexibility index (Phi) is 54.9. The standard InChI is InChI=1S/C80H141NO18/c1-3-5-7-9-11-13-15-17-19-20-21-22-23-24-25-26-27-28-29-30-31-32-33-34-35-36-37-38-39-40-41-42-44-46-48-50-52-54-56-58-68(86)81-63(64(85)57-55-53-51-49-47-45-43-18-16-14-12-10-8-6-4-2)62-94-78-74(92)71(89)76(66(60-83)96-78)99-80-75(93)72(90)77(67(61-84)97-80)98-79-73(91)70(88)69(87)65(59-82)95-79/h5,7,11,13,17,19,21-22,24-25,27-28,30-31,63-67,69-80,82-85,87-93H,3-4,6,8-10,12,14-16,18,20,23,26,29,32-62H2,1-2H3,(H,81,86)/b7-5-,13-11-,19-17-,22-21-,25-24-,28-27-,31-30-. The second-order valence-electron chi connectivity index (χ2n) is 27.8. The van der Waals surface area contributed by atoms with E-state index in [-0.39, 0.29) is 18.9 Å². The highest BCUT2D eigenvalue weighted by atomic mass is 16.8. The van der Waals surface area contributed by atoms with E-state index in [4.69, 9.17) is 28.4 Å². The van der Waals surface area contributed by atoms with Crippen LogP contribution in [0, 0.1) is 0 Å². The van der Waals surface area contributed by atoms with E-state index >= 15 is 0 Å². The minimum Gasteiger partial charge on any atom is -0.394 e. The molecular weight excluding hydrogens is 1260 g/mol. The molecular formula is C80H141NO18. The number of hydrogen-bond acceptors (Lipinski definition) is 18. The zero-order valence-corrected chi connectivity index (χ0v) is 61.2. The molecule has 3 aliphatic heterocycles. The third kappa shape index (κ3) is 40.7. The number of unbranched alkanes of at least 4 members (excludes halogenated alkanes) is 31. The highest BCUT2D eigenvalue weighted by Crippen LogP contribution is 2.33. The van der Waals surface area contributed by atoms with Crippen molar-refractivity contribution in [1.82, 2.24) is 5.32 Å². The summed E-state index contributed by atoms with van der Waals surface area (Å²) in [6.07, 6.45) is 52.5. The van der Waals surface area contributed by atoms with Crippen molar-refractivity contribution in [3.8, 4) is 0 Å². The lowest BCUT2D eigenvalue weighted by Gasteiger charge is -2.48. The third-order valence-electron chi connectivity index (χ3n) is 19.2. The first kappa shape index (κ1) is 90.2. The van der Waals surface area contributed by atoms with Gasteiger partial charge >= 0.3 is 0 Å². The summed E-state index contributed by atoms with van der Waals surface area (Å²) in [5.41, 5.74) is 0. The molecule has 0 spiro atoms. The predicted octanol–water partition coefficient (Wildman–Crippen LogP) is 12.6. The average Bonchev–Trinajstić information content (AvgIpc) is 0.784.